The second kappa shape index (κ2) is 10.2. The molecule has 3 aromatic rings. The van der Waals surface area contributed by atoms with Crippen LogP contribution in [0.1, 0.15) is 30.9 Å². The summed E-state index contributed by atoms with van der Waals surface area (Å²) in [4.78, 5) is 19.5. The van der Waals surface area contributed by atoms with Crippen molar-refractivity contribution in [1.29, 1.82) is 5.26 Å². The van der Waals surface area contributed by atoms with Crippen LogP contribution >= 0.6 is 0 Å². The lowest BCUT2D eigenvalue weighted by Crippen LogP contribution is -2.40. The van der Waals surface area contributed by atoms with Crippen molar-refractivity contribution in [3.8, 4) is 17.6 Å². The van der Waals surface area contributed by atoms with Crippen molar-refractivity contribution < 1.29 is 14.3 Å². The number of nitrogens with zero attached hydrogens (tertiary/aromatic N) is 3. The van der Waals surface area contributed by atoms with E-state index in [0.717, 1.165) is 46.5 Å². The Morgan fingerprint density at radius 2 is 2.03 bits per heavy atom. The lowest BCUT2D eigenvalue weighted by Gasteiger charge is -2.34. The zero-order valence-corrected chi connectivity index (χ0v) is 19.0. The topological polar surface area (TPSA) is 87.5 Å². The fourth-order valence-electron chi connectivity index (χ4n) is 4.38. The molecule has 0 aliphatic carbocycles. The first-order valence-corrected chi connectivity index (χ1v) is 11.2. The second-order valence-corrected chi connectivity index (χ2v) is 8.04. The highest BCUT2D eigenvalue weighted by molar-refractivity contribution is 5.95. The van der Waals surface area contributed by atoms with Gasteiger partial charge in [-0.1, -0.05) is 18.2 Å². The summed E-state index contributed by atoms with van der Waals surface area (Å²) in [7, 11) is 1.63. The SMILES string of the molecule is CCOc1ccc2ncc(C#N)c(N3CCC(C(=O)NCc4ccccc4OC)CC3)c2c1. The van der Waals surface area contributed by atoms with Crippen LogP contribution in [-0.4, -0.2) is 37.7 Å². The molecule has 0 saturated carbocycles. The first-order valence-electron chi connectivity index (χ1n) is 11.2. The first kappa shape index (κ1) is 22.4. The number of methoxy groups -OCH3 is 1. The molecule has 1 aliphatic rings. The summed E-state index contributed by atoms with van der Waals surface area (Å²) in [5, 5.41) is 13.7. The van der Waals surface area contributed by atoms with Crippen LogP contribution in [0.5, 0.6) is 11.5 Å². The van der Waals surface area contributed by atoms with Gasteiger partial charge in [0.15, 0.2) is 0 Å². The summed E-state index contributed by atoms with van der Waals surface area (Å²) < 4.78 is 11.0. The Bertz CT molecular complexity index is 1180. The summed E-state index contributed by atoms with van der Waals surface area (Å²) in [6.45, 7) is 4.34. The van der Waals surface area contributed by atoms with Crippen LogP contribution in [0.4, 0.5) is 5.69 Å². The molecule has 0 radical (unpaired) electrons. The molecule has 7 nitrogen and oxygen atoms in total. The maximum atomic E-state index is 12.8. The van der Waals surface area contributed by atoms with Crippen molar-refractivity contribution in [2.24, 2.45) is 5.92 Å². The van der Waals surface area contributed by atoms with Gasteiger partial charge in [-0.15, -0.1) is 0 Å². The van der Waals surface area contributed by atoms with Gasteiger partial charge in [-0.05, 0) is 44.0 Å². The van der Waals surface area contributed by atoms with E-state index >= 15 is 0 Å². The van der Waals surface area contributed by atoms with E-state index in [1.807, 2.05) is 49.4 Å². The fourth-order valence-corrected chi connectivity index (χ4v) is 4.38. The molecular formula is C26H28N4O3. The van der Waals surface area contributed by atoms with Crippen LogP contribution in [0.3, 0.4) is 0 Å². The number of carbonyl (C=O) groups excluding carboxylic acids is 1. The van der Waals surface area contributed by atoms with Gasteiger partial charge in [0.2, 0.25) is 5.91 Å². The maximum Gasteiger partial charge on any atom is 0.223 e. The van der Waals surface area contributed by atoms with Crippen molar-refractivity contribution >= 4 is 22.5 Å². The molecule has 33 heavy (non-hydrogen) atoms. The van der Waals surface area contributed by atoms with Gasteiger partial charge < -0.3 is 19.7 Å². The molecule has 1 aromatic heterocycles. The molecule has 1 fully saturated rings. The number of piperidine rings is 1. The molecule has 0 bridgehead atoms. The average Bonchev–Trinajstić information content (AvgIpc) is 2.87. The van der Waals surface area contributed by atoms with E-state index in [2.05, 4.69) is 21.3 Å². The third kappa shape index (κ3) is 4.85. The number of amides is 1. The highest BCUT2D eigenvalue weighted by Crippen LogP contribution is 2.34. The lowest BCUT2D eigenvalue weighted by atomic mass is 9.94. The number of para-hydroxylation sites is 1. The molecule has 1 N–H and O–H groups in total. The third-order valence-electron chi connectivity index (χ3n) is 6.07. The summed E-state index contributed by atoms with van der Waals surface area (Å²) in [5.41, 5.74) is 3.19. The van der Waals surface area contributed by atoms with Crippen molar-refractivity contribution in [1.82, 2.24) is 10.3 Å². The number of fused-ring (bicyclic) bond motifs is 1. The van der Waals surface area contributed by atoms with Crippen molar-refractivity contribution in [2.45, 2.75) is 26.3 Å². The smallest absolute Gasteiger partial charge is 0.223 e. The Kier molecular flexibility index (Phi) is 6.94. The largest absolute Gasteiger partial charge is 0.496 e. The van der Waals surface area contributed by atoms with E-state index in [0.29, 0.717) is 31.8 Å². The van der Waals surface area contributed by atoms with Gasteiger partial charge in [0.05, 0.1) is 30.5 Å². The van der Waals surface area contributed by atoms with Gasteiger partial charge in [-0.2, -0.15) is 5.26 Å². The number of benzene rings is 2. The zero-order chi connectivity index (χ0) is 23.2. The Morgan fingerprint density at radius 3 is 2.76 bits per heavy atom. The number of pyridine rings is 1. The highest BCUT2D eigenvalue weighted by atomic mass is 16.5. The van der Waals surface area contributed by atoms with Crippen LogP contribution in [-0.2, 0) is 11.3 Å². The highest BCUT2D eigenvalue weighted by Gasteiger charge is 2.27. The maximum absolute atomic E-state index is 12.8. The fraction of sp³-hybridized carbons (Fsp3) is 0.346. The molecule has 2 heterocycles. The molecule has 4 rings (SSSR count). The summed E-state index contributed by atoms with van der Waals surface area (Å²) in [5.74, 6) is 1.52. The third-order valence-corrected chi connectivity index (χ3v) is 6.07. The summed E-state index contributed by atoms with van der Waals surface area (Å²) in [6.07, 6.45) is 3.07. The molecule has 0 spiro atoms. The van der Waals surface area contributed by atoms with Crippen LogP contribution in [0, 0.1) is 17.2 Å². The number of nitriles is 1. The second-order valence-electron chi connectivity index (χ2n) is 8.04. The normalized spacial score (nSPS) is 14.0. The minimum atomic E-state index is -0.0615. The van der Waals surface area contributed by atoms with Gasteiger partial charge in [0.25, 0.3) is 0 Å². The monoisotopic (exact) mass is 444 g/mol. The number of hydrogen-bond donors (Lipinski definition) is 1. The first-order chi connectivity index (χ1) is 16.1. The number of ether oxygens (including phenoxy) is 2. The number of nitrogens with one attached hydrogen (secondary N) is 1. The van der Waals surface area contributed by atoms with Gasteiger partial charge in [-0.3, -0.25) is 9.78 Å². The average molecular weight is 445 g/mol. The summed E-state index contributed by atoms with van der Waals surface area (Å²) >= 11 is 0. The number of rotatable bonds is 7. The van der Waals surface area contributed by atoms with Crippen LogP contribution < -0.4 is 19.7 Å². The van der Waals surface area contributed by atoms with Gasteiger partial charge in [-0.25, -0.2) is 0 Å². The predicted molar refractivity (Wildman–Crippen MR) is 127 cm³/mol. The Morgan fingerprint density at radius 1 is 1.24 bits per heavy atom. The van der Waals surface area contributed by atoms with E-state index in [-0.39, 0.29) is 11.8 Å². The quantitative estimate of drug-likeness (QED) is 0.592. The van der Waals surface area contributed by atoms with Crippen LogP contribution in [0.2, 0.25) is 0 Å². The zero-order valence-electron chi connectivity index (χ0n) is 19.0. The molecule has 2 aromatic carbocycles. The van der Waals surface area contributed by atoms with Crippen molar-refractivity contribution in [3.63, 3.8) is 0 Å². The van der Waals surface area contributed by atoms with E-state index < -0.39 is 0 Å². The molecule has 1 amide bonds. The molecule has 0 atom stereocenters. The molecule has 0 unspecified atom stereocenters. The molecule has 1 saturated heterocycles. The minimum absolute atomic E-state index is 0.0549. The standard InChI is InChI=1S/C26H28N4O3/c1-3-33-21-8-9-23-22(14-21)25(20(15-27)17-28-23)30-12-10-18(11-13-30)26(31)29-16-19-6-4-5-7-24(19)32-2/h4-9,14,17-18H,3,10-13,16H2,1-2H3,(H,29,31). The van der Waals surface area contributed by atoms with Gasteiger partial charge >= 0.3 is 0 Å². The Hall–Kier alpha value is -3.79. The molecule has 1 aliphatic heterocycles. The van der Waals surface area contributed by atoms with E-state index in [1.54, 1.807) is 13.3 Å². The minimum Gasteiger partial charge on any atom is -0.496 e. The predicted octanol–water partition coefficient (Wildman–Crippen LogP) is 4.05. The summed E-state index contributed by atoms with van der Waals surface area (Å²) in [6, 6.07) is 15.7. The van der Waals surface area contributed by atoms with Crippen LogP contribution in [0.25, 0.3) is 10.9 Å². The van der Waals surface area contributed by atoms with Crippen molar-refractivity contribution in [2.75, 3.05) is 31.7 Å². The Balaban J connectivity index is 1.46. The lowest BCUT2D eigenvalue weighted by molar-refractivity contribution is -0.125. The molecule has 170 valence electrons. The Labute approximate surface area is 193 Å². The van der Waals surface area contributed by atoms with E-state index in [4.69, 9.17) is 9.47 Å². The molecule has 7 heteroatoms. The van der Waals surface area contributed by atoms with E-state index in [9.17, 15) is 10.1 Å². The van der Waals surface area contributed by atoms with Crippen molar-refractivity contribution in [3.05, 3.63) is 59.8 Å². The van der Waals surface area contributed by atoms with Crippen LogP contribution in [0.15, 0.2) is 48.7 Å². The van der Waals surface area contributed by atoms with Gasteiger partial charge in [0.1, 0.15) is 17.6 Å². The number of anilines is 1. The van der Waals surface area contributed by atoms with E-state index in [1.165, 1.54) is 0 Å². The molecular weight excluding hydrogens is 416 g/mol. The number of aromatic nitrogens is 1. The number of carbonyl (C=O) groups is 1. The van der Waals surface area contributed by atoms with Gasteiger partial charge in [0, 0.05) is 42.7 Å². The number of hydrogen-bond acceptors (Lipinski definition) is 6.